The molecule has 0 aliphatic carbocycles. The monoisotopic (exact) mass is 369 g/mol. The number of rotatable bonds is 9. The largest absolute Gasteiger partial charge is 0.356 e. The van der Waals surface area contributed by atoms with Gasteiger partial charge in [-0.3, -0.25) is 4.79 Å². The van der Waals surface area contributed by atoms with Crippen LogP contribution in [0.2, 0.25) is 0 Å². The average Bonchev–Trinajstić information content (AvgIpc) is 3.32. The number of hydrogen-bond acceptors (Lipinski definition) is 5. The third-order valence-corrected chi connectivity index (χ3v) is 4.79. The summed E-state index contributed by atoms with van der Waals surface area (Å²) in [6.07, 6.45) is 7.66. The third-order valence-electron chi connectivity index (χ3n) is 3.98. The molecule has 6 nitrogen and oxygen atoms in total. The van der Waals surface area contributed by atoms with E-state index < -0.39 is 0 Å². The van der Waals surface area contributed by atoms with E-state index in [2.05, 4.69) is 39.7 Å². The highest BCUT2D eigenvalue weighted by Gasteiger charge is 2.08. The molecule has 3 aromatic rings. The minimum absolute atomic E-state index is 0.000204. The van der Waals surface area contributed by atoms with E-state index in [1.54, 1.807) is 12.5 Å². The van der Waals surface area contributed by atoms with Crippen molar-refractivity contribution in [2.75, 3.05) is 11.9 Å². The summed E-state index contributed by atoms with van der Waals surface area (Å²) in [4.78, 5) is 20.5. The van der Waals surface area contributed by atoms with Crippen LogP contribution in [0.3, 0.4) is 0 Å². The van der Waals surface area contributed by atoms with Crippen LogP contribution in [0, 0.1) is 0 Å². The summed E-state index contributed by atoms with van der Waals surface area (Å²) in [6.45, 7) is 3.64. The highest BCUT2D eigenvalue weighted by Crippen LogP contribution is 2.21. The molecule has 0 fully saturated rings. The number of anilines is 2. The average molecular weight is 369 g/mol. The Labute approximate surface area is 157 Å². The van der Waals surface area contributed by atoms with Crippen LogP contribution >= 0.6 is 11.3 Å². The minimum atomic E-state index is -0.000204. The number of nitrogens with zero attached hydrogens (tertiary/aromatic N) is 3. The first-order valence-electron chi connectivity index (χ1n) is 8.75. The lowest BCUT2D eigenvalue weighted by atomic mass is 10.1. The first-order valence-corrected chi connectivity index (χ1v) is 9.63. The predicted octanol–water partition coefficient (Wildman–Crippen LogP) is 3.39. The first-order chi connectivity index (χ1) is 12.7. The van der Waals surface area contributed by atoms with Gasteiger partial charge in [-0.15, -0.1) is 11.3 Å². The zero-order chi connectivity index (χ0) is 18.2. The van der Waals surface area contributed by atoms with Crippen molar-refractivity contribution in [1.29, 1.82) is 0 Å². The Hall–Kier alpha value is -2.67. The van der Waals surface area contributed by atoms with Crippen molar-refractivity contribution < 1.29 is 4.79 Å². The number of hydrogen-bond donors (Lipinski definition) is 2. The van der Waals surface area contributed by atoms with Gasteiger partial charge in [-0.05, 0) is 30.5 Å². The number of aromatic nitrogens is 3. The smallest absolute Gasteiger partial charge is 0.226 e. The first kappa shape index (κ1) is 18.1. The van der Waals surface area contributed by atoms with Gasteiger partial charge in [0.1, 0.15) is 0 Å². The van der Waals surface area contributed by atoms with Crippen molar-refractivity contribution in [2.45, 2.75) is 32.7 Å². The third kappa shape index (κ3) is 5.42. The standard InChI is InChI=1S/C19H23N5OS/c1-2-15-4-6-16(7-5-15)22-19-23-17(13-26-19)12-18(25)21-8-3-10-24-11-9-20-14-24/h4-7,9,11,13-14H,2-3,8,10,12H2,1H3,(H,21,25)(H,22,23). The molecule has 3 rings (SSSR count). The van der Waals surface area contributed by atoms with E-state index in [4.69, 9.17) is 0 Å². The van der Waals surface area contributed by atoms with Crippen LogP contribution in [0.15, 0.2) is 48.4 Å². The Morgan fingerprint density at radius 2 is 2.12 bits per heavy atom. The van der Waals surface area contributed by atoms with Crippen LogP contribution in [-0.4, -0.2) is 27.0 Å². The van der Waals surface area contributed by atoms with E-state index in [9.17, 15) is 4.79 Å². The van der Waals surface area contributed by atoms with Gasteiger partial charge < -0.3 is 15.2 Å². The lowest BCUT2D eigenvalue weighted by molar-refractivity contribution is -0.120. The van der Waals surface area contributed by atoms with Gasteiger partial charge in [-0.25, -0.2) is 9.97 Å². The van der Waals surface area contributed by atoms with Crippen LogP contribution in [0.4, 0.5) is 10.8 Å². The maximum absolute atomic E-state index is 12.0. The van der Waals surface area contributed by atoms with E-state index in [1.807, 2.05) is 28.3 Å². The summed E-state index contributed by atoms with van der Waals surface area (Å²) in [5.74, 6) is -0.000204. The van der Waals surface area contributed by atoms with Crippen molar-refractivity contribution in [3.8, 4) is 0 Å². The molecule has 0 bridgehead atoms. The van der Waals surface area contributed by atoms with Crippen molar-refractivity contribution in [3.63, 3.8) is 0 Å². The van der Waals surface area contributed by atoms with Gasteiger partial charge in [0.25, 0.3) is 0 Å². The van der Waals surface area contributed by atoms with Crippen LogP contribution in [-0.2, 0) is 24.2 Å². The molecule has 0 radical (unpaired) electrons. The maximum atomic E-state index is 12.0. The SMILES string of the molecule is CCc1ccc(Nc2nc(CC(=O)NCCCn3ccnc3)cs2)cc1. The van der Waals surface area contributed by atoms with E-state index in [0.717, 1.165) is 35.9 Å². The van der Waals surface area contributed by atoms with Gasteiger partial charge in [0, 0.05) is 36.6 Å². The minimum Gasteiger partial charge on any atom is -0.356 e. The molecule has 2 aromatic heterocycles. The zero-order valence-corrected chi connectivity index (χ0v) is 15.6. The summed E-state index contributed by atoms with van der Waals surface area (Å²) in [6, 6.07) is 8.31. The molecule has 7 heteroatoms. The molecular weight excluding hydrogens is 346 g/mol. The van der Waals surface area contributed by atoms with Crippen molar-refractivity contribution in [3.05, 3.63) is 59.6 Å². The predicted molar refractivity (Wildman–Crippen MR) is 105 cm³/mol. The molecule has 2 heterocycles. The number of benzene rings is 1. The molecule has 0 aliphatic rings. The van der Waals surface area contributed by atoms with E-state index >= 15 is 0 Å². The number of carbonyl (C=O) groups is 1. The second kappa shape index (κ2) is 9.15. The van der Waals surface area contributed by atoms with Gasteiger partial charge in [-0.2, -0.15) is 0 Å². The van der Waals surface area contributed by atoms with E-state index in [-0.39, 0.29) is 5.91 Å². The van der Waals surface area contributed by atoms with Gasteiger partial charge in [0.05, 0.1) is 18.4 Å². The fourth-order valence-electron chi connectivity index (χ4n) is 2.53. The summed E-state index contributed by atoms with van der Waals surface area (Å²) < 4.78 is 2.00. The number of amides is 1. The number of aryl methyl sites for hydroxylation is 2. The molecular formula is C19H23N5OS. The molecule has 0 aliphatic heterocycles. The van der Waals surface area contributed by atoms with Gasteiger partial charge in [0.15, 0.2) is 5.13 Å². The van der Waals surface area contributed by atoms with E-state index in [1.165, 1.54) is 16.9 Å². The Balaban J connectivity index is 1.41. The summed E-state index contributed by atoms with van der Waals surface area (Å²) >= 11 is 1.51. The fraction of sp³-hybridized carbons (Fsp3) is 0.316. The van der Waals surface area contributed by atoms with Gasteiger partial charge >= 0.3 is 0 Å². The number of thiazole rings is 1. The van der Waals surface area contributed by atoms with Gasteiger partial charge in [0.2, 0.25) is 5.91 Å². The summed E-state index contributed by atoms with van der Waals surface area (Å²) in [5, 5.41) is 8.95. The van der Waals surface area contributed by atoms with Crippen LogP contribution in [0.1, 0.15) is 24.6 Å². The van der Waals surface area contributed by atoms with Crippen molar-refractivity contribution in [1.82, 2.24) is 19.9 Å². The molecule has 136 valence electrons. The molecule has 0 saturated heterocycles. The zero-order valence-electron chi connectivity index (χ0n) is 14.8. The summed E-state index contributed by atoms with van der Waals surface area (Å²) in [5.41, 5.74) is 3.10. The van der Waals surface area contributed by atoms with Crippen LogP contribution < -0.4 is 10.6 Å². The van der Waals surface area contributed by atoms with Crippen LogP contribution in [0.25, 0.3) is 0 Å². The molecule has 0 atom stereocenters. The molecule has 1 amide bonds. The second-order valence-corrected chi connectivity index (χ2v) is 6.86. The Bertz CT molecular complexity index is 811. The quantitative estimate of drug-likeness (QED) is 0.567. The highest BCUT2D eigenvalue weighted by molar-refractivity contribution is 7.13. The van der Waals surface area contributed by atoms with Crippen molar-refractivity contribution >= 4 is 28.1 Å². The molecule has 26 heavy (non-hydrogen) atoms. The molecule has 2 N–H and O–H groups in total. The van der Waals surface area contributed by atoms with E-state index in [0.29, 0.717) is 13.0 Å². The summed E-state index contributed by atoms with van der Waals surface area (Å²) in [7, 11) is 0. The molecule has 0 spiro atoms. The second-order valence-electron chi connectivity index (χ2n) is 6.00. The molecule has 0 saturated carbocycles. The normalized spacial score (nSPS) is 10.7. The molecule has 0 unspecified atom stereocenters. The van der Waals surface area contributed by atoms with Gasteiger partial charge in [-0.1, -0.05) is 19.1 Å². The number of imidazole rings is 1. The lowest BCUT2D eigenvalue weighted by Gasteiger charge is -2.05. The fourth-order valence-corrected chi connectivity index (χ4v) is 3.26. The number of nitrogens with one attached hydrogen (secondary N) is 2. The lowest BCUT2D eigenvalue weighted by Crippen LogP contribution is -2.26. The number of carbonyl (C=O) groups excluding carboxylic acids is 1. The Kier molecular flexibility index (Phi) is 6.38. The Morgan fingerprint density at radius 1 is 1.27 bits per heavy atom. The Morgan fingerprint density at radius 3 is 2.85 bits per heavy atom. The van der Waals surface area contributed by atoms with Crippen LogP contribution in [0.5, 0.6) is 0 Å². The van der Waals surface area contributed by atoms with Crippen molar-refractivity contribution in [2.24, 2.45) is 0 Å². The highest BCUT2D eigenvalue weighted by atomic mass is 32.1. The maximum Gasteiger partial charge on any atom is 0.226 e. The topological polar surface area (TPSA) is 71.8 Å². The molecule has 1 aromatic carbocycles.